The molecule has 1 fully saturated rings. The number of pyridine rings is 1. The van der Waals surface area contributed by atoms with Crippen LogP contribution in [0.5, 0.6) is 5.88 Å². The highest BCUT2D eigenvalue weighted by molar-refractivity contribution is 5.54. The number of aliphatic hydroxyl groups is 1. The summed E-state index contributed by atoms with van der Waals surface area (Å²) < 4.78 is 5.70. The Bertz CT molecular complexity index is 449. The predicted molar refractivity (Wildman–Crippen MR) is 85.6 cm³/mol. The number of anilines is 2. The largest absolute Gasteiger partial charge is 0.476 e. The summed E-state index contributed by atoms with van der Waals surface area (Å²) in [6.45, 7) is 7.03. The minimum atomic E-state index is 0.260. The van der Waals surface area contributed by atoms with Crippen molar-refractivity contribution >= 4 is 11.5 Å². The Morgan fingerprint density at radius 2 is 2.29 bits per heavy atom. The standard InChI is InChI=1S/C16H27N3O2/c1-12(2)11-21-16-14(17)5-6-15(18-16)19-8-3-4-13(10-19)7-9-20/h5-6,12-13,20H,3-4,7-11,17H2,1-2H3. The number of ether oxygens (including phenoxy) is 1. The van der Waals surface area contributed by atoms with Crippen molar-refractivity contribution in [1.82, 2.24) is 4.98 Å². The lowest BCUT2D eigenvalue weighted by atomic mass is 9.95. The van der Waals surface area contributed by atoms with Gasteiger partial charge in [0, 0.05) is 19.7 Å². The van der Waals surface area contributed by atoms with Crippen molar-refractivity contribution in [3.8, 4) is 5.88 Å². The molecule has 21 heavy (non-hydrogen) atoms. The molecule has 3 N–H and O–H groups in total. The average molecular weight is 293 g/mol. The van der Waals surface area contributed by atoms with Crippen molar-refractivity contribution in [2.24, 2.45) is 11.8 Å². The quantitative estimate of drug-likeness (QED) is 0.842. The van der Waals surface area contributed by atoms with Crippen LogP contribution < -0.4 is 15.4 Å². The smallest absolute Gasteiger partial charge is 0.239 e. The fraction of sp³-hybridized carbons (Fsp3) is 0.688. The molecule has 1 aliphatic rings. The summed E-state index contributed by atoms with van der Waals surface area (Å²) in [6, 6.07) is 3.83. The summed E-state index contributed by atoms with van der Waals surface area (Å²) in [5, 5.41) is 9.11. The van der Waals surface area contributed by atoms with Crippen molar-refractivity contribution in [3.05, 3.63) is 12.1 Å². The number of nitrogens with zero attached hydrogens (tertiary/aromatic N) is 2. The van der Waals surface area contributed by atoms with E-state index in [1.807, 2.05) is 12.1 Å². The lowest BCUT2D eigenvalue weighted by Gasteiger charge is -2.33. The van der Waals surface area contributed by atoms with Gasteiger partial charge in [-0.05, 0) is 43.2 Å². The summed E-state index contributed by atoms with van der Waals surface area (Å²) >= 11 is 0. The van der Waals surface area contributed by atoms with Gasteiger partial charge in [0.1, 0.15) is 5.82 Å². The molecule has 1 aliphatic heterocycles. The number of hydrogen-bond acceptors (Lipinski definition) is 5. The Hall–Kier alpha value is -1.49. The van der Waals surface area contributed by atoms with Gasteiger partial charge in [-0.2, -0.15) is 4.98 Å². The van der Waals surface area contributed by atoms with Crippen molar-refractivity contribution in [2.75, 3.05) is 36.9 Å². The van der Waals surface area contributed by atoms with Crippen molar-refractivity contribution < 1.29 is 9.84 Å². The molecule has 2 heterocycles. The number of nitrogens with two attached hydrogens (primary N) is 1. The summed E-state index contributed by atoms with van der Waals surface area (Å²) in [4.78, 5) is 6.85. The molecule has 0 saturated carbocycles. The summed E-state index contributed by atoms with van der Waals surface area (Å²) in [6.07, 6.45) is 3.18. The number of aromatic nitrogens is 1. The van der Waals surface area contributed by atoms with Crippen LogP contribution in [-0.2, 0) is 0 Å². The van der Waals surface area contributed by atoms with Crippen LogP contribution >= 0.6 is 0 Å². The van der Waals surface area contributed by atoms with Gasteiger partial charge in [-0.25, -0.2) is 0 Å². The lowest BCUT2D eigenvalue weighted by molar-refractivity contribution is 0.243. The molecule has 0 aliphatic carbocycles. The summed E-state index contributed by atoms with van der Waals surface area (Å²) in [5.74, 6) is 2.44. The molecule has 0 amide bonds. The Kier molecular flexibility index (Phi) is 5.67. The molecule has 1 unspecified atom stereocenters. The third-order valence-electron chi connectivity index (χ3n) is 3.81. The predicted octanol–water partition coefficient (Wildman–Crippen LogP) is 2.30. The molecular weight excluding hydrogens is 266 g/mol. The van der Waals surface area contributed by atoms with Crippen molar-refractivity contribution in [1.29, 1.82) is 0 Å². The second kappa shape index (κ2) is 7.50. The van der Waals surface area contributed by atoms with E-state index in [9.17, 15) is 0 Å². The first-order valence-corrected chi connectivity index (χ1v) is 7.85. The maximum Gasteiger partial charge on any atom is 0.239 e. The second-order valence-electron chi connectivity index (χ2n) is 6.24. The SMILES string of the molecule is CC(C)COc1nc(N2CCCC(CCO)C2)ccc1N. The number of piperidine rings is 1. The van der Waals surface area contributed by atoms with Crippen LogP contribution in [0, 0.1) is 11.8 Å². The number of hydrogen-bond donors (Lipinski definition) is 2. The van der Waals surface area contributed by atoms with E-state index in [2.05, 4.69) is 23.7 Å². The molecule has 1 aromatic heterocycles. The zero-order valence-corrected chi connectivity index (χ0v) is 13.1. The van der Waals surface area contributed by atoms with E-state index < -0.39 is 0 Å². The molecule has 0 radical (unpaired) electrons. The normalized spacial score (nSPS) is 19.0. The van der Waals surface area contributed by atoms with E-state index in [-0.39, 0.29) is 6.61 Å². The first kappa shape index (κ1) is 15.9. The van der Waals surface area contributed by atoms with E-state index in [0.29, 0.717) is 30.0 Å². The molecule has 5 nitrogen and oxygen atoms in total. The average Bonchev–Trinajstić information content (AvgIpc) is 2.47. The Labute approximate surface area is 127 Å². The van der Waals surface area contributed by atoms with E-state index in [1.54, 1.807) is 0 Å². The van der Waals surface area contributed by atoms with Gasteiger partial charge in [0.2, 0.25) is 5.88 Å². The van der Waals surface area contributed by atoms with Gasteiger partial charge in [-0.3, -0.25) is 0 Å². The second-order valence-corrected chi connectivity index (χ2v) is 6.24. The minimum Gasteiger partial charge on any atom is -0.476 e. The highest BCUT2D eigenvalue weighted by Crippen LogP contribution is 2.27. The zero-order valence-electron chi connectivity index (χ0n) is 13.1. The Balaban J connectivity index is 2.06. The van der Waals surface area contributed by atoms with Gasteiger partial charge in [0.05, 0.1) is 12.3 Å². The van der Waals surface area contributed by atoms with Crippen molar-refractivity contribution in [2.45, 2.75) is 33.1 Å². The van der Waals surface area contributed by atoms with Crippen LogP contribution in [0.2, 0.25) is 0 Å². The molecule has 1 saturated heterocycles. The molecule has 2 rings (SSSR count). The van der Waals surface area contributed by atoms with Gasteiger partial charge in [-0.1, -0.05) is 13.8 Å². The first-order valence-electron chi connectivity index (χ1n) is 7.85. The number of nitrogen functional groups attached to an aromatic ring is 1. The zero-order chi connectivity index (χ0) is 15.2. The maximum absolute atomic E-state index is 9.11. The van der Waals surface area contributed by atoms with Crippen LogP contribution in [0.3, 0.4) is 0 Å². The lowest BCUT2D eigenvalue weighted by Crippen LogP contribution is -2.36. The topological polar surface area (TPSA) is 71.6 Å². The minimum absolute atomic E-state index is 0.260. The summed E-state index contributed by atoms with van der Waals surface area (Å²) in [7, 11) is 0. The van der Waals surface area contributed by atoms with E-state index in [0.717, 1.165) is 31.7 Å². The highest BCUT2D eigenvalue weighted by atomic mass is 16.5. The Morgan fingerprint density at radius 1 is 1.48 bits per heavy atom. The fourth-order valence-electron chi connectivity index (χ4n) is 2.67. The van der Waals surface area contributed by atoms with Crippen molar-refractivity contribution in [3.63, 3.8) is 0 Å². The third kappa shape index (κ3) is 4.49. The van der Waals surface area contributed by atoms with E-state index in [4.69, 9.17) is 15.6 Å². The maximum atomic E-state index is 9.11. The molecule has 1 aromatic rings. The van der Waals surface area contributed by atoms with E-state index >= 15 is 0 Å². The van der Waals surface area contributed by atoms with Gasteiger partial charge in [-0.15, -0.1) is 0 Å². The van der Waals surface area contributed by atoms with Crippen LogP contribution in [-0.4, -0.2) is 36.4 Å². The monoisotopic (exact) mass is 293 g/mol. The number of aliphatic hydroxyl groups excluding tert-OH is 1. The Morgan fingerprint density at radius 3 is 3.00 bits per heavy atom. The highest BCUT2D eigenvalue weighted by Gasteiger charge is 2.21. The van der Waals surface area contributed by atoms with Gasteiger partial charge < -0.3 is 20.5 Å². The molecule has 1 atom stereocenters. The molecule has 5 heteroatoms. The molecular formula is C16H27N3O2. The first-order chi connectivity index (χ1) is 10.1. The fourth-order valence-corrected chi connectivity index (χ4v) is 2.67. The van der Waals surface area contributed by atoms with Crippen LogP contribution in [0.15, 0.2) is 12.1 Å². The number of rotatable bonds is 6. The van der Waals surface area contributed by atoms with Crippen LogP contribution in [0.25, 0.3) is 0 Å². The van der Waals surface area contributed by atoms with Gasteiger partial charge >= 0.3 is 0 Å². The molecule has 0 aromatic carbocycles. The van der Waals surface area contributed by atoms with Gasteiger partial charge in [0.25, 0.3) is 0 Å². The molecule has 118 valence electrons. The van der Waals surface area contributed by atoms with Crippen LogP contribution in [0.4, 0.5) is 11.5 Å². The van der Waals surface area contributed by atoms with Crippen LogP contribution in [0.1, 0.15) is 33.1 Å². The van der Waals surface area contributed by atoms with E-state index in [1.165, 1.54) is 6.42 Å². The summed E-state index contributed by atoms with van der Waals surface area (Å²) in [5.41, 5.74) is 6.53. The third-order valence-corrected chi connectivity index (χ3v) is 3.81. The molecule has 0 spiro atoms. The molecule has 0 bridgehead atoms. The van der Waals surface area contributed by atoms with Gasteiger partial charge in [0.15, 0.2) is 0 Å².